The zero-order valence-electron chi connectivity index (χ0n) is 30.1. The molecule has 7 aromatic rings. The van der Waals surface area contributed by atoms with Crippen LogP contribution in [-0.4, -0.2) is 24.9 Å². The van der Waals surface area contributed by atoms with Crippen LogP contribution in [0.25, 0.3) is 101 Å². The molecule has 53 heavy (non-hydrogen) atoms. The van der Waals surface area contributed by atoms with E-state index in [2.05, 4.69) is 176 Å². The van der Waals surface area contributed by atoms with Gasteiger partial charge in [0.15, 0.2) is 0 Å². The van der Waals surface area contributed by atoms with E-state index in [-0.39, 0.29) is 0 Å². The molecule has 6 heterocycles. The average Bonchev–Trinajstić information content (AvgIpc) is 3.99. The Hall–Kier alpha value is -6.72. The highest BCUT2D eigenvalue weighted by Gasteiger charge is 2.20. The molecule has 3 aliphatic rings. The second-order valence-corrected chi connectivity index (χ2v) is 14.5. The molecule has 0 radical (unpaired) electrons. The monoisotopic (exact) mass is 683 g/mol. The highest BCUT2D eigenvalue weighted by Crippen LogP contribution is 2.40. The highest BCUT2D eigenvalue weighted by atomic mass is 14.8. The number of hydrogen-bond acceptors (Lipinski definition) is 2. The molecule has 0 saturated carbocycles. The lowest BCUT2D eigenvalue weighted by Crippen LogP contribution is -1.90. The van der Waals surface area contributed by atoms with Crippen molar-refractivity contribution in [3.05, 3.63) is 155 Å². The Balaban J connectivity index is 1.44. The second kappa shape index (κ2) is 11.9. The first-order valence-electron chi connectivity index (χ1n) is 18.2. The summed E-state index contributed by atoms with van der Waals surface area (Å²) >= 11 is 0. The van der Waals surface area contributed by atoms with Gasteiger partial charge in [-0.05, 0) is 98.5 Å². The molecule has 0 saturated heterocycles. The zero-order chi connectivity index (χ0) is 35.8. The number of hydrogen-bond donors (Lipinski definition) is 3. The molecule has 0 amide bonds. The van der Waals surface area contributed by atoms with E-state index in [1.54, 1.807) is 0 Å². The van der Waals surface area contributed by atoms with E-state index in [0.717, 1.165) is 100 Å². The van der Waals surface area contributed by atoms with E-state index in [1.807, 2.05) is 0 Å². The minimum absolute atomic E-state index is 0.901. The van der Waals surface area contributed by atoms with E-state index in [0.29, 0.717) is 0 Å². The highest BCUT2D eigenvalue weighted by molar-refractivity contribution is 6.13. The summed E-state index contributed by atoms with van der Waals surface area (Å²) in [5.74, 6) is 0. The summed E-state index contributed by atoms with van der Waals surface area (Å²) in [6.45, 7) is 8.51. The Morgan fingerprint density at radius 1 is 0.396 bits per heavy atom. The number of rotatable bonds is 3. The first-order valence-corrected chi connectivity index (χ1v) is 18.2. The van der Waals surface area contributed by atoms with E-state index < -0.39 is 0 Å². The van der Waals surface area contributed by atoms with Crippen molar-refractivity contribution in [3.8, 4) is 44.8 Å². The van der Waals surface area contributed by atoms with Gasteiger partial charge in [0.1, 0.15) is 0 Å². The topological polar surface area (TPSA) is 73.2 Å². The van der Waals surface area contributed by atoms with Crippen LogP contribution in [0.2, 0.25) is 0 Å². The number of aromatic nitrogens is 5. The van der Waals surface area contributed by atoms with Gasteiger partial charge in [0.25, 0.3) is 0 Å². The fourth-order valence-corrected chi connectivity index (χ4v) is 7.86. The summed E-state index contributed by atoms with van der Waals surface area (Å²) in [5, 5.41) is 2.19. The third-order valence-corrected chi connectivity index (χ3v) is 10.6. The number of aromatic amines is 3. The van der Waals surface area contributed by atoms with Gasteiger partial charge >= 0.3 is 0 Å². The van der Waals surface area contributed by atoms with Gasteiger partial charge in [-0.3, -0.25) is 0 Å². The Bertz CT molecular complexity index is 3010. The van der Waals surface area contributed by atoms with E-state index in [4.69, 9.17) is 9.97 Å². The van der Waals surface area contributed by atoms with Crippen molar-refractivity contribution >= 4 is 56.0 Å². The third-order valence-electron chi connectivity index (χ3n) is 10.6. The number of H-pyrrole nitrogens is 3. The Morgan fingerprint density at radius 3 is 1.43 bits per heavy atom. The maximum Gasteiger partial charge on any atom is 0.0972 e. The van der Waals surface area contributed by atoms with Crippen LogP contribution in [0.5, 0.6) is 0 Å². The Kier molecular flexibility index (Phi) is 6.99. The van der Waals surface area contributed by atoms with Crippen LogP contribution in [0.1, 0.15) is 33.6 Å². The standard InChI is InChI=1S/C48H37N5/c1-27-5-12-31(13-6-27)44-35-19-20-36(49-35)45(32-14-7-28(2)8-15-32)38-23-24-40(51-38)47-34-18-11-30(4)25-41(34)52-43-26-42(53-48(43)47)46(39-22-21-37(44)50-39)33-16-9-29(3)10-17-33/h5-26,50-52H,1-4H3. The van der Waals surface area contributed by atoms with E-state index >= 15 is 0 Å². The van der Waals surface area contributed by atoms with Crippen LogP contribution in [0.4, 0.5) is 0 Å². The number of nitrogens with zero attached hydrogens (tertiary/aromatic N) is 2. The molecule has 0 atom stereocenters. The molecule has 4 aromatic carbocycles. The van der Waals surface area contributed by atoms with Crippen molar-refractivity contribution in [2.75, 3.05) is 0 Å². The number of fused-ring (bicyclic) bond motifs is 10. The van der Waals surface area contributed by atoms with Crippen molar-refractivity contribution in [2.24, 2.45) is 0 Å². The Morgan fingerprint density at radius 2 is 0.868 bits per heavy atom. The molecule has 8 bridgehead atoms. The first kappa shape index (κ1) is 31.1. The minimum atomic E-state index is 0.901. The molecular weight excluding hydrogens is 647 g/mol. The molecule has 5 heteroatoms. The van der Waals surface area contributed by atoms with Crippen molar-refractivity contribution in [2.45, 2.75) is 27.7 Å². The van der Waals surface area contributed by atoms with Gasteiger partial charge in [-0.1, -0.05) is 102 Å². The summed E-state index contributed by atoms with van der Waals surface area (Å²) in [6, 6.07) is 43.8. The normalized spacial score (nSPS) is 12.1. The van der Waals surface area contributed by atoms with Crippen LogP contribution in [0, 0.1) is 27.7 Å². The summed E-state index contributed by atoms with van der Waals surface area (Å²) in [5.41, 5.74) is 21.0. The molecule has 0 fully saturated rings. The van der Waals surface area contributed by atoms with Gasteiger partial charge in [-0.15, -0.1) is 0 Å². The number of pyridine rings is 1. The number of nitrogens with one attached hydrogen (secondary N) is 3. The fourth-order valence-electron chi connectivity index (χ4n) is 7.86. The molecular formula is C48H37N5. The quantitative estimate of drug-likeness (QED) is 0.173. The van der Waals surface area contributed by atoms with Crippen molar-refractivity contribution in [1.29, 1.82) is 0 Å². The zero-order valence-corrected chi connectivity index (χ0v) is 30.1. The molecule has 0 spiro atoms. The second-order valence-electron chi connectivity index (χ2n) is 14.5. The van der Waals surface area contributed by atoms with Crippen molar-refractivity contribution in [3.63, 3.8) is 0 Å². The number of benzene rings is 4. The van der Waals surface area contributed by atoms with Gasteiger partial charge in [-0.25, -0.2) is 9.97 Å². The number of aryl methyl sites for hydroxylation is 4. The maximum atomic E-state index is 5.49. The molecule has 10 rings (SSSR count). The molecule has 3 N–H and O–H groups in total. The summed E-state index contributed by atoms with van der Waals surface area (Å²) in [6.07, 6.45) is 4.31. The molecule has 0 aliphatic carbocycles. The molecule has 0 unspecified atom stereocenters. The lowest BCUT2D eigenvalue weighted by Gasteiger charge is -2.08. The van der Waals surface area contributed by atoms with Crippen LogP contribution < -0.4 is 0 Å². The molecule has 5 nitrogen and oxygen atoms in total. The van der Waals surface area contributed by atoms with Gasteiger partial charge in [0.2, 0.25) is 0 Å². The SMILES string of the molecule is Cc1ccc(-c2c3nc(c(-c4ccc(C)cc4)c4ccc([nH]4)c4c5nc(cc-5[nH]c5cc(C)ccc54)c(-c4ccc(C)cc4)c4ccc2[nH]4)C=C3)cc1. The summed E-state index contributed by atoms with van der Waals surface area (Å²) in [4.78, 5) is 22.4. The van der Waals surface area contributed by atoms with Crippen LogP contribution in [0.15, 0.2) is 121 Å². The van der Waals surface area contributed by atoms with Crippen LogP contribution in [0.3, 0.4) is 0 Å². The summed E-state index contributed by atoms with van der Waals surface area (Å²) < 4.78 is 0. The van der Waals surface area contributed by atoms with Crippen LogP contribution >= 0.6 is 0 Å². The van der Waals surface area contributed by atoms with Gasteiger partial charge < -0.3 is 15.0 Å². The van der Waals surface area contributed by atoms with Gasteiger partial charge in [0.05, 0.1) is 28.3 Å². The Labute approximate surface area is 307 Å². The molecule has 254 valence electrons. The maximum absolute atomic E-state index is 5.49. The average molecular weight is 684 g/mol. The molecule has 3 aliphatic heterocycles. The lowest BCUT2D eigenvalue weighted by atomic mass is 10.0. The predicted octanol–water partition coefficient (Wildman–Crippen LogP) is 12.6. The lowest BCUT2D eigenvalue weighted by molar-refractivity contribution is 1.31. The van der Waals surface area contributed by atoms with Gasteiger partial charge in [-0.2, -0.15) is 0 Å². The first-order chi connectivity index (χ1) is 25.9. The van der Waals surface area contributed by atoms with Crippen molar-refractivity contribution < 1.29 is 0 Å². The van der Waals surface area contributed by atoms with Crippen LogP contribution in [-0.2, 0) is 0 Å². The third kappa shape index (κ3) is 5.24. The van der Waals surface area contributed by atoms with Crippen molar-refractivity contribution in [1.82, 2.24) is 24.9 Å². The minimum Gasteiger partial charge on any atom is -0.354 e. The largest absolute Gasteiger partial charge is 0.354 e. The summed E-state index contributed by atoms with van der Waals surface area (Å²) in [7, 11) is 0. The molecule has 3 aromatic heterocycles. The fraction of sp³-hybridized carbons (Fsp3) is 0.0833. The van der Waals surface area contributed by atoms with E-state index in [9.17, 15) is 0 Å². The van der Waals surface area contributed by atoms with E-state index in [1.165, 1.54) is 22.3 Å². The smallest absolute Gasteiger partial charge is 0.0972 e. The predicted molar refractivity (Wildman–Crippen MR) is 222 cm³/mol. The van der Waals surface area contributed by atoms with Gasteiger partial charge in [0, 0.05) is 55.0 Å².